The number of aliphatic hydroxyl groups is 1. The van der Waals surface area contributed by atoms with E-state index in [2.05, 4.69) is 22.4 Å². The zero-order valence-electron chi connectivity index (χ0n) is 10.3. The maximum Gasteiger partial charge on any atom is 0.338 e. The van der Waals surface area contributed by atoms with E-state index in [0.29, 0.717) is 13.1 Å². The van der Waals surface area contributed by atoms with E-state index in [1.807, 2.05) is 19.9 Å². The number of hydrogen-bond acceptors (Lipinski definition) is 2. The minimum atomic E-state index is -0.544. The van der Waals surface area contributed by atoms with Crippen LogP contribution in [0.4, 0.5) is 5.69 Å². The number of hydrogen-bond donors (Lipinski definition) is 5. The Bertz CT molecular complexity index is 399. The predicted molar refractivity (Wildman–Crippen MR) is 69.6 cm³/mol. The maximum absolute atomic E-state index is 9.67. The molecule has 0 spiro atoms. The molecule has 17 heavy (non-hydrogen) atoms. The Morgan fingerprint density at radius 2 is 2.12 bits per heavy atom. The van der Waals surface area contributed by atoms with Crippen molar-refractivity contribution in [3.63, 3.8) is 0 Å². The highest BCUT2D eigenvalue weighted by Gasteiger charge is 2.05. The number of rotatable bonds is 5. The molecule has 0 aromatic heterocycles. The highest BCUT2D eigenvalue weighted by molar-refractivity contribution is 5.69. The van der Waals surface area contributed by atoms with Gasteiger partial charge in [0.25, 0.3) is 0 Å². The first-order chi connectivity index (χ1) is 7.99. The number of anilines is 1. The number of nitrogens with one attached hydrogen (secondary N) is 2. The van der Waals surface area contributed by atoms with E-state index in [4.69, 9.17) is 11.5 Å². The number of aryl methyl sites for hydroxylation is 2. The summed E-state index contributed by atoms with van der Waals surface area (Å²) in [4.78, 5) is 2.69. The third-order valence-corrected chi connectivity index (χ3v) is 2.46. The molecular formula is C12H21N4O+. The second-order valence-electron chi connectivity index (χ2n) is 4.19. The Morgan fingerprint density at radius 1 is 1.41 bits per heavy atom. The summed E-state index contributed by atoms with van der Waals surface area (Å²) < 4.78 is 0. The minimum absolute atomic E-state index is 0.121. The molecule has 0 radical (unpaired) electrons. The largest absolute Gasteiger partial charge is 0.388 e. The fraction of sp³-hybridized carbons (Fsp3) is 0.417. The van der Waals surface area contributed by atoms with Crippen molar-refractivity contribution in [2.24, 2.45) is 11.5 Å². The Hall–Kier alpha value is -1.75. The van der Waals surface area contributed by atoms with E-state index in [9.17, 15) is 5.11 Å². The van der Waals surface area contributed by atoms with Gasteiger partial charge in [-0.2, -0.15) is 0 Å². The predicted octanol–water partition coefficient (Wildman–Crippen LogP) is -1.57. The van der Waals surface area contributed by atoms with Crippen molar-refractivity contribution in [1.29, 1.82) is 0 Å². The van der Waals surface area contributed by atoms with Gasteiger partial charge in [0.2, 0.25) is 0 Å². The van der Waals surface area contributed by atoms with Crippen LogP contribution in [0, 0.1) is 13.8 Å². The summed E-state index contributed by atoms with van der Waals surface area (Å²) in [7, 11) is 0. The van der Waals surface area contributed by atoms with Crippen molar-refractivity contribution in [3.8, 4) is 0 Å². The summed E-state index contributed by atoms with van der Waals surface area (Å²) in [6.45, 7) is 4.84. The fourth-order valence-electron chi connectivity index (χ4n) is 1.46. The molecule has 1 rings (SSSR count). The third-order valence-electron chi connectivity index (χ3n) is 2.46. The molecule has 5 heteroatoms. The van der Waals surface area contributed by atoms with Gasteiger partial charge in [-0.05, 0) is 31.0 Å². The fourth-order valence-corrected chi connectivity index (χ4v) is 1.46. The molecule has 0 bridgehead atoms. The summed E-state index contributed by atoms with van der Waals surface area (Å²) in [6.07, 6.45) is -0.544. The molecule has 1 aromatic carbocycles. The zero-order valence-corrected chi connectivity index (χ0v) is 10.3. The Balaban J connectivity index is 2.49. The first kappa shape index (κ1) is 13.3. The van der Waals surface area contributed by atoms with Crippen molar-refractivity contribution in [2.45, 2.75) is 20.0 Å². The van der Waals surface area contributed by atoms with E-state index in [-0.39, 0.29) is 5.96 Å². The van der Waals surface area contributed by atoms with E-state index < -0.39 is 6.10 Å². The molecular weight excluding hydrogens is 216 g/mol. The average Bonchev–Trinajstić information content (AvgIpc) is 2.27. The van der Waals surface area contributed by atoms with Crippen LogP contribution in [-0.2, 0) is 0 Å². The summed E-state index contributed by atoms with van der Waals surface area (Å²) in [5, 5.41) is 12.9. The molecule has 1 atom stereocenters. The number of benzene rings is 1. The van der Waals surface area contributed by atoms with Gasteiger partial charge in [0.15, 0.2) is 0 Å². The topological polar surface area (TPSA) is 98.3 Å². The van der Waals surface area contributed by atoms with Crippen LogP contribution in [0.1, 0.15) is 11.1 Å². The van der Waals surface area contributed by atoms with Gasteiger partial charge >= 0.3 is 5.96 Å². The smallest absolute Gasteiger partial charge is 0.338 e. The van der Waals surface area contributed by atoms with Crippen molar-refractivity contribution >= 4 is 11.6 Å². The third kappa shape index (κ3) is 4.74. The van der Waals surface area contributed by atoms with Gasteiger partial charge in [0.05, 0.1) is 6.54 Å². The summed E-state index contributed by atoms with van der Waals surface area (Å²) in [5.74, 6) is 0.121. The first-order valence-corrected chi connectivity index (χ1v) is 5.60. The monoisotopic (exact) mass is 237 g/mol. The summed E-state index contributed by atoms with van der Waals surface area (Å²) in [5.41, 5.74) is 13.9. The molecule has 0 aliphatic heterocycles. The van der Waals surface area contributed by atoms with Crippen LogP contribution < -0.4 is 21.8 Å². The van der Waals surface area contributed by atoms with Crippen LogP contribution in [0.5, 0.6) is 0 Å². The van der Waals surface area contributed by atoms with Crippen molar-refractivity contribution in [1.82, 2.24) is 0 Å². The lowest BCUT2D eigenvalue weighted by Crippen LogP contribution is -2.80. The molecule has 94 valence electrons. The Labute approximate surface area is 102 Å². The van der Waals surface area contributed by atoms with E-state index in [1.165, 1.54) is 5.56 Å². The van der Waals surface area contributed by atoms with Crippen LogP contribution in [0.25, 0.3) is 0 Å². The van der Waals surface area contributed by atoms with Crippen molar-refractivity contribution < 1.29 is 10.1 Å². The molecule has 0 heterocycles. The lowest BCUT2D eigenvalue weighted by atomic mass is 10.1. The van der Waals surface area contributed by atoms with Crippen LogP contribution in [0.3, 0.4) is 0 Å². The van der Waals surface area contributed by atoms with Crippen molar-refractivity contribution in [2.75, 3.05) is 18.4 Å². The summed E-state index contributed by atoms with van der Waals surface area (Å²) >= 11 is 0. The minimum Gasteiger partial charge on any atom is -0.388 e. The highest BCUT2D eigenvalue weighted by atomic mass is 16.3. The maximum atomic E-state index is 9.67. The first-order valence-electron chi connectivity index (χ1n) is 5.60. The van der Waals surface area contributed by atoms with Crippen LogP contribution in [-0.4, -0.2) is 30.3 Å². The Kier molecular flexibility index (Phi) is 4.78. The number of aliphatic hydroxyl groups excluding tert-OH is 1. The van der Waals surface area contributed by atoms with Gasteiger partial charge in [-0.1, -0.05) is 12.1 Å². The van der Waals surface area contributed by atoms with Gasteiger partial charge in [-0.25, -0.2) is 0 Å². The standard InChI is InChI=1S/C12H20N4O/c1-8-3-4-9(2)11(5-8)15-6-10(17)7-16-12(13)14/h3-5,10,15,17H,6-7H2,1-2H3,(H4,13,14,16)/p+1/t10-/m1/s1. The average molecular weight is 237 g/mol. The van der Waals surface area contributed by atoms with Gasteiger partial charge in [-0.15, -0.1) is 0 Å². The normalized spacial score (nSPS) is 11.9. The van der Waals surface area contributed by atoms with Gasteiger partial charge in [0.1, 0.15) is 6.10 Å². The molecule has 0 saturated heterocycles. The van der Waals surface area contributed by atoms with Crippen LogP contribution in [0.15, 0.2) is 18.2 Å². The molecule has 0 fully saturated rings. The van der Waals surface area contributed by atoms with Gasteiger partial charge in [0, 0.05) is 12.2 Å². The van der Waals surface area contributed by atoms with E-state index in [1.54, 1.807) is 0 Å². The molecule has 0 amide bonds. The van der Waals surface area contributed by atoms with Crippen molar-refractivity contribution in [3.05, 3.63) is 29.3 Å². The zero-order chi connectivity index (χ0) is 12.8. The quantitative estimate of drug-likeness (QED) is 0.316. The molecule has 7 N–H and O–H groups in total. The van der Waals surface area contributed by atoms with E-state index in [0.717, 1.165) is 11.3 Å². The second-order valence-corrected chi connectivity index (χ2v) is 4.19. The lowest BCUT2D eigenvalue weighted by Gasteiger charge is -2.13. The van der Waals surface area contributed by atoms with E-state index >= 15 is 0 Å². The lowest BCUT2D eigenvalue weighted by molar-refractivity contribution is -0.470. The Morgan fingerprint density at radius 3 is 2.76 bits per heavy atom. The molecule has 5 nitrogen and oxygen atoms in total. The molecule has 0 aliphatic rings. The molecule has 0 unspecified atom stereocenters. The van der Waals surface area contributed by atoms with Gasteiger partial charge in [-0.3, -0.25) is 16.5 Å². The van der Waals surface area contributed by atoms with Crippen LogP contribution in [0.2, 0.25) is 0 Å². The number of guanidine groups is 1. The highest BCUT2D eigenvalue weighted by Crippen LogP contribution is 2.15. The summed E-state index contributed by atoms with van der Waals surface area (Å²) in [6, 6.07) is 6.16. The second kappa shape index (κ2) is 6.10. The number of nitrogens with two attached hydrogens (primary N) is 2. The SMILES string of the molecule is Cc1ccc(C)c(NC[C@@H](O)C[NH+]=C(N)N)c1. The molecule has 0 aliphatic carbocycles. The molecule has 0 saturated carbocycles. The van der Waals surface area contributed by atoms with Gasteiger partial charge < -0.3 is 10.4 Å². The molecule has 1 aromatic rings. The van der Waals surface area contributed by atoms with Crippen LogP contribution >= 0.6 is 0 Å².